The van der Waals surface area contributed by atoms with Crippen molar-refractivity contribution in [3.05, 3.63) is 35.8 Å². The Labute approximate surface area is 85.5 Å². The third kappa shape index (κ3) is 2.39. The Kier molecular flexibility index (Phi) is 2.87. The molecule has 7 heteroatoms. The van der Waals surface area contributed by atoms with Gasteiger partial charge in [0, 0.05) is 5.56 Å². The molecule has 0 bridgehead atoms. The van der Waals surface area contributed by atoms with E-state index in [1.54, 1.807) is 0 Å². The molecule has 1 aromatic carbocycles. The number of benzene rings is 1. The summed E-state index contributed by atoms with van der Waals surface area (Å²) in [6.07, 6.45) is 0. The van der Waals surface area contributed by atoms with Gasteiger partial charge in [0.2, 0.25) is 5.76 Å². The molecule has 0 spiro atoms. The molecule has 0 amide bonds. The fourth-order valence-corrected chi connectivity index (χ4v) is 1.70. The van der Waals surface area contributed by atoms with Crippen molar-refractivity contribution in [2.75, 3.05) is 0 Å². The summed E-state index contributed by atoms with van der Waals surface area (Å²) in [4.78, 5) is -0.608. The van der Waals surface area contributed by atoms with E-state index < -0.39 is 26.7 Å². The van der Waals surface area contributed by atoms with Crippen molar-refractivity contribution in [1.82, 2.24) is 0 Å². The monoisotopic (exact) mass is 232 g/mol. The Morgan fingerprint density at radius 1 is 1.07 bits per heavy atom. The minimum Gasteiger partial charge on any atom is -0.501 e. The number of hydrogen-bond donors (Lipinski definition) is 4. The molecule has 0 aliphatic heterocycles. The van der Waals surface area contributed by atoms with Gasteiger partial charge < -0.3 is 15.3 Å². The molecule has 0 saturated heterocycles. The first kappa shape index (κ1) is 11.3. The zero-order chi connectivity index (χ0) is 11.6. The van der Waals surface area contributed by atoms with E-state index in [1.807, 2.05) is 0 Å². The molecule has 0 saturated carbocycles. The second-order valence-corrected chi connectivity index (χ2v) is 4.03. The van der Waals surface area contributed by atoms with Crippen molar-refractivity contribution < 1.29 is 28.3 Å². The molecule has 82 valence electrons. The van der Waals surface area contributed by atoms with Crippen LogP contribution in [0, 0.1) is 0 Å². The summed E-state index contributed by atoms with van der Waals surface area (Å²) >= 11 is 0. The van der Waals surface area contributed by atoms with Crippen molar-refractivity contribution in [1.29, 1.82) is 0 Å². The van der Waals surface area contributed by atoms with Crippen LogP contribution in [0.2, 0.25) is 0 Å². The van der Waals surface area contributed by atoms with Crippen LogP contribution in [0.3, 0.4) is 0 Å². The van der Waals surface area contributed by atoms with Gasteiger partial charge in [-0.15, -0.1) is 0 Å². The van der Waals surface area contributed by atoms with Crippen LogP contribution in [0.5, 0.6) is 0 Å². The lowest BCUT2D eigenvalue weighted by Gasteiger charge is -2.05. The van der Waals surface area contributed by atoms with Gasteiger partial charge in [-0.2, -0.15) is 8.42 Å². The van der Waals surface area contributed by atoms with Gasteiger partial charge in [0.05, 0.1) is 0 Å². The maximum absolute atomic E-state index is 10.8. The highest BCUT2D eigenvalue weighted by Crippen LogP contribution is 2.22. The molecule has 1 aromatic rings. The molecule has 1 rings (SSSR count). The highest BCUT2D eigenvalue weighted by Gasteiger charge is 2.19. The van der Waals surface area contributed by atoms with Gasteiger partial charge in [-0.1, -0.05) is 12.1 Å². The molecule has 0 atom stereocenters. The lowest BCUT2D eigenvalue weighted by Crippen LogP contribution is -2.03. The van der Waals surface area contributed by atoms with Crippen LogP contribution in [0.4, 0.5) is 0 Å². The quantitative estimate of drug-likeness (QED) is 0.450. The maximum atomic E-state index is 10.8. The molecule has 0 aromatic heterocycles. The second kappa shape index (κ2) is 3.79. The van der Waals surface area contributed by atoms with Gasteiger partial charge in [-0.25, -0.2) is 0 Å². The van der Waals surface area contributed by atoms with Gasteiger partial charge in [-0.05, 0) is 12.1 Å². The summed E-state index contributed by atoms with van der Waals surface area (Å²) in [7, 11) is -4.53. The molecule has 0 radical (unpaired) electrons. The average Bonchev–Trinajstić information content (AvgIpc) is 2.15. The van der Waals surface area contributed by atoms with Crippen LogP contribution < -0.4 is 0 Å². The minimum absolute atomic E-state index is 0.389. The topological polar surface area (TPSA) is 115 Å². The summed E-state index contributed by atoms with van der Waals surface area (Å²) in [6, 6.07) is 4.81. The first-order chi connectivity index (χ1) is 6.84. The standard InChI is InChI=1S/C8H8O6S/c9-7(8(10)11)5-3-1-2-4-6(5)15(12,13)14/h1-4,9-11H,(H,12,13,14). The molecule has 15 heavy (non-hydrogen) atoms. The second-order valence-electron chi connectivity index (χ2n) is 2.64. The van der Waals surface area contributed by atoms with Gasteiger partial charge in [0.25, 0.3) is 10.1 Å². The molecule has 4 N–H and O–H groups in total. The van der Waals surface area contributed by atoms with Gasteiger partial charge >= 0.3 is 5.95 Å². The van der Waals surface area contributed by atoms with E-state index in [1.165, 1.54) is 12.1 Å². The van der Waals surface area contributed by atoms with Crippen LogP contribution in [-0.4, -0.2) is 28.3 Å². The minimum atomic E-state index is -4.53. The van der Waals surface area contributed by atoms with Gasteiger partial charge in [0.15, 0.2) is 0 Å². The Balaban J connectivity index is 3.52. The van der Waals surface area contributed by atoms with E-state index in [-0.39, 0.29) is 5.56 Å². The summed E-state index contributed by atoms with van der Waals surface area (Å²) in [5, 5.41) is 26.3. The summed E-state index contributed by atoms with van der Waals surface area (Å²) in [5.41, 5.74) is -0.389. The number of aliphatic hydroxyl groups is 3. The highest BCUT2D eigenvalue weighted by atomic mass is 32.2. The normalized spacial score (nSPS) is 11.0. The van der Waals surface area contributed by atoms with Crippen molar-refractivity contribution in [2.45, 2.75) is 4.90 Å². The molecule has 0 fully saturated rings. The number of hydrogen-bond acceptors (Lipinski definition) is 5. The van der Waals surface area contributed by atoms with Crippen molar-refractivity contribution in [3.8, 4) is 0 Å². The third-order valence-corrected chi connectivity index (χ3v) is 2.54. The first-order valence-corrected chi connectivity index (χ1v) is 5.16. The Morgan fingerprint density at radius 2 is 1.60 bits per heavy atom. The van der Waals surface area contributed by atoms with E-state index in [0.717, 1.165) is 12.1 Å². The molecule has 0 unspecified atom stereocenters. The lowest BCUT2D eigenvalue weighted by atomic mass is 10.2. The zero-order valence-electron chi connectivity index (χ0n) is 7.32. The molecular weight excluding hydrogens is 224 g/mol. The van der Waals surface area contributed by atoms with E-state index in [0.29, 0.717) is 0 Å². The Bertz CT molecular complexity index is 498. The maximum Gasteiger partial charge on any atom is 0.318 e. The van der Waals surface area contributed by atoms with E-state index in [2.05, 4.69) is 0 Å². The molecule has 0 heterocycles. The fourth-order valence-electron chi connectivity index (χ4n) is 1.01. The van der Waals surface area contributed by atoms with Crippen molar-refractivity contribution in [2.24, 2.45) is 0 Å². The van der Waals surface area contributed by atoms with E-state index in [4.69, 9.17) is 19.9 Å². The third-order valence-electron chi connectivity index (χ3n) is 1.63. The van der Waals surface area contributed by atoms with E-state index in [9.17, 15) is 8.42 Å². The smallest absolute Gasteiger partial charge is 0.318 e. The van der Waals surface area contributed by atoms with Crippen LogP contribution >= 0.6 is 0 Å². The molecule has 6 nitrogen and oxygen atoms in total. The van der Waals surface area contributed by atoms with Gasteiger partial charge in [-0.3, -0.25) is 4.55 Å². The largest absolute Gasteiger partial charge is 0.501 e. The van der Waals surface area contributed by atoms with E-state index >= 15 is 0 Å². The highest BCUT2D eigenvalue weighted by molar-refractivity contribution is 7.85. The van der Waals surface area contributed by atoms with Crippen LogP contribution in [0.15, 0.2) is 35.1 Å². The summed E-state index contributed by atoms with van der Waals surface area (Å²) < 4.78 is 30.5. The van der Waals surface area contributed by atoms with Crippen molar-refractivity contribution >= 4 is 15.9 Å². The predicted molar refractivity (Wildman–Crippen MR) is 51.1 cm³/mol. The first-order valence-electron chi connectivity index (χ1n) is 3.72. The van der Waals surface area contributed by atoms with Crippen LogP contribution in [-0.2, 0) is 10.1 Å². The predicted octanol–water partition coefficient (Wildman–Crippen LogP) is 1.23. The molecular formula is C8H8O6S. The zero-order valence-corrected chi connectivity index (χ0v) is 8.14. The Morgan fingerprint density at radius 3 is 2.07 bits per heavy atom. The number of rotatable bonds is 2. The lowest BCUT2D eigenvalue weighted by molar-refractivity contribution is 0.181. The SMILES string of the molecule is O=S(=O)(O)c1ccccc1C(O)=C(O)O. The fraction of sp³-hybridized carbons (Fsp3) is 0. The Hall–Kier alpha value is -1.73. The van der Waals surface area contributed by atoms with Gasteiger partial charge in [0.1, 0.15) is 4.90 Å². The molecule has 0 aliphatic carbocycles. The van der Waals surface area contributed by atoms with Crippen molar-refractivity contribution in [3.63, 3.8) is 0 Å². The number of aliphatic hydroxyl groups excluding tert-OH is 2. The average molecular weight is 232 g/mol. The van der Waals surface area contributed by atoms with Crippen LogP contribution in [0.1, 0.15) is 5.56 Å². The molecule has 0 aliphatic rings. The summed E-state index contributed by atoms with van der Waals surface area (Å²) in [5.74, 6) is -2.45. The summed E-state index contributed by atoms with van der Waals surface area (Å²) in [6.45, 7) is 0. The van der Waals surface area contributed by atoms with Crippen LogP contribution in [0.25, 0.3) is 5.76 Å².